The zero-order chi connectivity index (χ0) is 12.0. The predicted octanol–water partition coefficient (Wildman–Crippen LogP) is 2.44. The van der Waals surface area contributed by atoms with E-state index in [1.165, 1.54) is 25.7 Å². The van der Waals surface area contributed by atoms with Gasteiger partial charge < -0.3 is 5.32 Å². The van der Waals surface area contributed by atoms with E-state index in [9.17, 15) is 9.59 Å². The molecule has 1 rings (SSSR count). The van der Waals surface area contributed by atoms with Crippen LogP contribution in [0.2, 0.25) is 0 Å². The molecule has 1 aliphatic carbocycles. The molecule has 1 aliphatic rings. The minimum Gasteiger partial charge on any atom is -0.347 e. The summed E-state index contributed by atoms with van der Waals surface area (Å²) in [7, 11) is 0. The molecule has 0 saturated heterocycles. The Labute approximate surface area is 98.0 Å². The summed E-state index contributed by atoms with van der Waals surface area (Å²) in [6.45, 7) is 3.59. The standard InChI is InChI=1S/C13H23NO2/c1-3-12(15)10(2)14-13(16)9-8-11-6-4-5-7-11/h10-11H,3-9H2,1-2H3,(H,14,16). The molecule has 0 aromatic heterocycles. The van der Waals surface area contributed by atoms with Gasteiger partial charge in [0.2, 0.25) is 5.91 Å². The van der Waals surface area contributed by atoms with Crippen LogP contribution in [0.25, 0.3) is 0 Å². The molecular weight excluding hydrogens is 202 g/mol. The molecule has 0 radical (unpaired) electrons. The number of amides is 1. The van der Waals surface area contributed by atoms with Gasteiger partial charge in [0.25, 0.3) is 0 Å². The van der Waals surface area contributed by atoms with Crippen molar-refractivity contribution in [2.45, 2.75) is 64.8 Å². The number of Topliss-reactive ketones (excluding diaryl/α,β-unsaturated/α-hetero) is 1. The van der Waals surface area contributed by atoms with Crippen molar-refractivity contribution < 1.29 is 9.59 Å². The van der Waals surface area contributed by atoms with Crippen LogP contribution in [0.4, 0.5) is 0 Å². The van der Waals surface area contributed by atoms with E-state index in [1.54, 1.807) is 6.92 Å². The summed E-state index contributed by atoms with van der Waals surface area (Å²) in [6.07, 6.45) is 7.23. The van der Waals surface area contributed by atoms with Gasteiger partial charge in [-0.1, -0.05) is 32.6 Å². The average molecular weight is 225 g/mol. The molecule has 1 N–H and O–H groups in total. The third-order valence-electron chi connectivity index (χ3n) is 3.46. The Morgan fingerprint density at radius 3 is 2.50 bits per heavy atom. The Hall–Kier alpha value is -0.860. The third-order valence-corrected chi connectivity index (χ3v) is 3.46. The van der Waals surface area contributed by atoms with E-state index in [2.05, 4.69) is 5.32 Å². The van der Waals surface area contributed by atoms with Gasteiger partial charge in [-0.15, -0.1) is 0 Å². The molecule has 0 spiro atoms. The minimum absolute atomic E-state index is 0.0289. The van der Waals surface area contributed by atoms with Crippen molar-refractivity contribution in [3.8, 4) is 0 Å². The lowest BCUT2D eigenvalue weighted by Crippen LogP contribution is -2.38. The lowest BCUT2D eigenvalue weighted by Gasteiger charge is -2.13. The Balaban J connectivity index is 2.17. The van der Waals surface area contributed by atoms with Gasteiger partial charge in [0.15, 0.2) is 5.78 Å². The number of ketones is 1. The van der Waals surface area contributed by atoms with Crippen LogP contribution in [0.3, 0.4) is 0 Å². The monoisotopic (exact) mass is 225 g/mol. The summed E-state index contributed by atoms with van der Waals surface area (Å²) in [6, 6.07) is -0.318. The number of rotatable bonds is 6. The van der Waals surface area contributed by atoms with Crippen LogP contribution < -0.4 is 5.32 Å². The molecule has 0 bridgehead atoms. The van der Waals surface area contributed by atoms with E-state index < -0.39 is 0 Å². The number of hydrogen-bond donors (Lipinski definition) is 1. The molecular formula is C13H23NO2. The minimum atomic E-state index is -0.318. The van der Waals surface area contributed by atoms with Crippen molar-refractivity contribution in [3.05, 3.63) is 0 Å². The smallest absolute Gasteiger partial charge is 0.220 e. The van der Waals surface area contributed by atoms with Crippen molar-refractivity contribution in [1.82, 2.24) is 5.32 Å². The fraction of sp³-hybridized carbons (Fsp3) is 0.846. The second kappa shape index (κ2) is 6.66. The maximum atomic E-state index is 11.6. The van der Waals surface area contributed by atoms with Gasteiger partial charge in [0.1, 0.15) is 0 Å². The second-order valence-electron chi connectivity index (χ2n) is 4.80. The lowest BCUT2D eigenvalue weighted by atomic mass is 10.0. The van der Waals surface area contributed by atoms with Gasteiger partial charge in [-0.25, -0.2) is 0 Å². The van der Waals surface area contributed by atoms with Crippen molar-refractivity contribution in [3.63, 3.8) is 0 Å². The van der Waals surface area contributed by atoms with Crippen LogP contribution in [0.15, 0.2) is 0 Å². The molecule has 0 aliphatic heterocycles. The zero-order valence-corrected chi connectivity index (χ0v) is 10.4. The summed E-state index contributed by atoms with van der Waals surface area (Å²) in [5, 5.41) is 2.77. The SMILES string of the molecule is CCC(=O)C(C)NC(=O)CCC1CCCC1. The first kappa shape index (κ1) is 13.2. The van der Waals surface area contributed by atoms with Gasteiger partial charge in [-0.05, 0) is 19.3 Å². The highest BCUT2D eigenvalue weighted by Gasteiger charge is 2.18. The highest BCUT2D eigenvalue weighted by atomic mass is 16.2. The van der Waals surface area contributed by atoms with Crippen LogP contribution >= 0.6 is 0 Å². The van der Waals surface area contributed by atoms with Crippen LogP contribution in [0.1, 0.15) is 58.8 Å². The third kappa shape index (κ3) is 4.33. The molecule has 3 heteroatoms. The summed E-state index contributed by atoms with van der Waals surface area (Å²) in [5.74, 6) is 0.873. The van der Waals surface area contributed by atoms with E-state index >= 15 is 0 Å². The Bertz CT molecular complexity index is 244. The van der Waals surface area contributed by atoms with E-state index in [0.29, 0.717) is 12.8 Å². The fourth-order valence-corrected chi connectivity index (χ4v) is 2.33. The molecule has 0 aromatic carbocycles. The molecule has 0 heterocycles. The molecule has 3 nitrogen and oxygen atoms in total. The van der Waals surface area contributed by atoms with Crippen LogP contribution in [0.5, 0.6) is 0 Å². The summed E-state index contributed by atoms with van der Waals surface area (Å²) >= 11 is 0. The van der Waals surface area contributed by atoms with Crippen LogP contribution in [-0.4, -0.2) is 17.7 Å². The van der Waals surface area contributed by atoms with Crippen molar-refractivity contribution in [1.29, 1.82) is 0 Å². The number of carbonyl (C=O) groups is 2. The molecule has 92 valence electrons. The fourth-order valence-electron chi connectivity index (χ4n) is 2.33. The first-order valence-corrected chi connectivity index (χ1v) is 6.45. The average Bonchev–Trinajstić information content (AvgIpc) is 2.78. The Morgan fingerprint density at radius 1 is 1.31 bits per heavy atom. The van der Waals surface area contributed by atoms with Crippen molar-refractivity contribution >= 4 is 11.7 Å². The van der Waals surface area contributed by atoms with Crippen molar-refractivity contribution in [2.24, 2.45) is 5.92 Å². The molecule has 0 aromatic rings. The zero-order valence-electron chi connectivity index (χ0n) is 10.4. The van der Waals surface area contributed by atoms with E-state index in [1.807, 2.05) is 6.92 Å². The summed E-state index contributed by atoms with van der Waals surface area (Å²) in [5.41, 5.74) is 0. The van der Waals surface area contributed by atoms with E-state index in [0.717, 1.165) is 12.3 Å². The first-order chi connectivity index (χ1) is 7.63. The van der Waals surface area contributed by atoms with Gasteiger partial charge in [0, 0.05) is 12.8 Å². The summed E-state index contributed by atoms with van der Waals surface area (Å²) < 4.78 is 0. The van der Waals surface area contributed by atoms with E-state index in [-0.39, 0.29) is 17.7 Å². The summed E-state index contributed by atoms with van der Waals surface area (Å²) in [4.78, 5) is 22.9. The predicted molar refractivity (Wildman–Crippen MR) is 64.1 cm³/mol. The Morgan fingerprint density at radius 2 is 1.94 bits per heavy atom. The molecule has 1 amide bonds. The normalized spacial score (nSPS) is 18.4. The molecule has 1 saturated carbocycles. The quantitative estimate of drug-likeness (QED) is 0.754. The van der Waals surface area contributed by atoms with Crippen molar-refractivity contribution in [2.75, 3.05) is 0 Å². The van der Waals surface area contributed by atoms with Gasteiger partial charge in [0.05, 0.1) is 6.04 Å². The highest BCUT2D eigenvalue weighted by molar-refractivity contribution is 5.88. The highest BCUT2D eigenvalue weighted by Crippen LogP contribution is 2.28. The van der Waals surface area contributed by atoms with Gasteiger partial charge >= 0.3 is 0 Å². The molecule has 16 heavy (non-hydrogen) atoms. The second-order valence-corrected chi connectivity index (χ2v) is 4.80. The van der Waals surface area contributed by atoms with Crippen LogP contribution in [-0.2, 0) is 9.59 Å². The van der Waals surface area contributed by atoms with E-state index in [4.69, 9.17) is 0 Å². The topological polar surface area (TPSA) is 46.2 Å². The van der Waals surface area contributed by atoms with Crippen LogP contribution in [0, 0.1) is 5.92 Å². The molecule has 1 atom stereocenters. The maximum Gasteiger partial charge on any atom is 0.220 e. The lowest BCUT2D eigenvalue weighted by molar-refractivity contribution is -0.127. The molecule has 1 fully saturated rings. The maximum absolute atomic E-state index is 11.6. The van der Waals surface area contributed by atoms with Gasteiger partial charge in [-0.2, -0.15) is 0 Å². The first-order valence-electron chi connectivity index (χ1n) is 6.45. The number of nitrogens with one attached hydrogen (secondary N) is 1. The molecule has 1 unspecified atom stereocenters. The largest absolute Gasteiger partial charge is 0.347 e. The van der Waals surface area contributed by atoms with Gasteiger partial charge in [-0.3, -0.25) is 9.59 Å². The number of hydrogen-bond acceptors (Lipinski definition) is 2. The number of carbonyl (C=O) groups excluding carboxylic acids is 2. The Kier molecular flexibility index (Phi) is 5.50.